The molecular formula is C16H24ClNS. The quantitative estimate of drug-likeness (QED) is 0.795. The Bertz CT molecular complexity index is 402. The summed E-state index contributed by atoms with van der Waals surface area (Å²) in [4.78, 5) is 0. The summed E-state index contributed by atoms with van der Waals surface area (Å²) in [5.74, 6) is 1.15. The van der Waals surface area contributed by atoms with Crippen molar-refractivity contribution in [2.45, 2.75) is 50.8 Å². The maximum Gasteiger partial charge on any atom is 0.0438 e. The highest BCUT2D eigenvalue weighted by molar-refractivity contribution is 7.99. The van der Waals surface area contributed by atoms with Gasteiger partial charge in [0.1, 0.15) is 0 Å². The van der Waals surface area contributed by atoms with Gasteiger partial charge in [0.2, 0.25) is 0 Å². The zero-order chi connectivity index (χ0) is 13.7. The van der Waals surface area contributed by atoms with Crippen molar-refractivity contribution in [3.63, 3.8) is 0 Å². The third-order valence-electron chi connectivity index (χ3n) is 3.85. The zero-order valence-corrected chi connectivity index (χ0v) is 13.5. The van der Waals surface area contributed by atoms with Gasteiger partial charge in [-0.25, -0.2) is 0 Å². The smallest absolute Gasteiger partial charge is 0.0438 e. The first-order valence-corrected chi connectivity index (χ1v) is 8.74. The van der Waals surface area contributed by atoms with Crippen LogP contribution in [0, 0.1) is 6.92 Å². The van der Waals surface area contributed by atoms with E-state index in [0.717, 1.165) is 28.1 Å². The summed E-state index contributed by atoms with van der Waals surface area (Å²) in [7, 11) is 0. The van der Waals surface area contributed by atoms with Crippen LogP contribution in [0.1, 0.15) is 49.8 Å². The van der Waals surface area contributed by atoms with E-state index in [1.54, 1.807) is 0 Å². The maximum atomic E-state index is 6.25. The van der Waals surface area contributed by atoms with E-state index < -0.39 is 0 Å². The number of halogens is 1. The Balaban J connectivity index is 1.99. The van der Waals surface area contributed by atoms with Crippen molar-refractivity contribution in [1.82, 2.24) is 5.32 Å². The minimum absolute atomic E-state index is 0.425. The fourth-order valence-corrected chi connectivity index (χ4v) is 4.26. The lowest BCUT2D eigenvalue weighted by Gasteiger charge is -2.20. The molecule has 0 saturated heterocycles. The summed E-state index contributed by atoms with van der Waals surface area (Å²) in [6.07, 6.45) is 5.64. The first kappa shape index (κ1) is 15.2. The predicted octanol–water partition coefficient (Wildman–Crippen LogP) is 4.97. The molecule has 1 saturated carbocycles. The van der Waals surface area contributed by atoms with E-state index in [4.69, 9.17) is 11.6 Å². The molecule has 1 aromatic rings. The van der Waals surface area contributed by atoms with Gasteiger partial charge in [0.25, 0.3) is 0 Å². The van der Waals surface area contributed by atoms with Gasteiger partial charge in [0.05, 0.1) is 0 Å². The minimum atomic E-state index is 0.425. The van der Waals surface area contributed by atoms with E-state index in [9.17, 15) is 0 Å². The minimum Gasteiger partial charge on any atom is -0.310 e. The molecule has 1 nitrogen and oxygen atoms in total. The number of hydrogen-bond donors (Lipinski definition) is 1. The molecule has 0 bridgehead atoms. The van der Waals surface area contributed by atoms with Gasteiger partial charge in [-0.3, -0.25) is 0 Å². The zero-order valence-electron chi connectivity index (χ0n) is 11.9. The maximum absolute atomic E-state index is 6.25. The lowest BCUT2D eigenvalue weighted by molar-refractivity contribution is 0.605. The van der Waals surface area contributed by atoms with E-state index in [-0.39, 0.29) is 0 Å². The second kappa shape index (κ2) is 7.56. The molecule has 0 amide bonds. The third kappa shape index (κ3) is 4.40. The molecule has 19 heavy (non-hydrogen) atoms. The molecule has 106 valence electrons. The van der Waals surface area contributed by atoms with E-state index in [0.29, 0.717) is 6.04 Å². The van der Waals surface area contributed by atoms with Crippen LogP contribution in [-0.2, 0) is 0 Å². The number of hydrogen-bond acceptors (Lipinski definition) is 2. The molecule has 0 heterocycles. The first-order valence-electron chi connectivity index (χ1n) is 7.31. The monoisotopic (exact) mass is 297 g/mol. The van der Waals surface area contributed by atoms with Crippen molar-refractivity contribution in [3.05, 3.63) is 34.3 Å². The molecule has 1 N–H and O–H groups in total. The predicted molar refractivity (Wildman–Crippen MR) is 87.3 cm³/mol. The summed E-state index contributed by atoms with van der Waals surface area (Å²) < 4.78 is 0. The van der Waals surface area contributed by atoms with Crippen molar-refractivity contribution in [2.75, 3.05) is 12.3 Å². The average Bonchev–Trinajstić information content (AvgIpc) is 2.91. The molecule has 0 aromatic heterocycles. The van der Waals surface area contributed by atoms with Gasteiger partial charge in [-0.15, -0.1) is 0 Å². The summed E-state index contributed by atoms with van der Waals surface area (Å²) in [5, 5.41) is 5.35. The highest BCUT2D eigenvalue weighted by Gasteiger charge is 2.18. The Morgan fingerprint density at radius 3 is 2.74 bits per heavy atom. The Kier molecular flexibility index (Phi) is 6.06. The Morgan fingerprint density at radius 2 is 2.11 bits per heavy atom. The Morgan fingerprint density at radius 1 is 1.37 bits per heavy atom. The number of benzene rings is 1. The Hall–Kier alpha value is -0.180. The van der Waals surface area contributed by atoms with Gasteiger partial charge in [-0.2, -0.15) is 11.8 Å². The van der Waals surface area contributed by atoms with Crippen LogP contribution >= 0.6 is 23.4 Å². The van der Waals surface area contributed by atoms with Crippen LogP contribution in [0.3, 0.4) is 0 Å². The van der Waals surface area contributed by atoms with Gasteiger partial charge in [0.15, 0.2) is 0 Å². The number of rotatable bonds is 6. The van der Waals surface area contributed by atoms with E-state index in [1.165, 1.54) is 31.2 Å². The van der Waals surface area contributed by atoms with Crippen LogP contribution in [-0.4, -0.2) is 17.5 Å². The van der Waals surface area contributed by atoms with Gasteiger partial charge >= 0.3 is 0 Å². The molecule has 1 aliphatic rings. The van der Waals surface area contributed by atoms with E-state index in [2.05, 4.69) is 49.1 Å². The fraction of sp³-hybridized carbons (Fsp3) is 0.625. The van der Waals surface area contributed by atoms with Crippen molar-refractivity contribution in [3.8, 4) is 0 Å². The van der Waals surface area contributed by atoms with E-state index >= 15 is 0 Å². The van der Waals surface area contributed by atoms with E-state index in [1.807, 2.05) is 0 Å². The molecule has 0 spiro atoms. The molecular weight excluding hydrogens is 274 g/mol. The molecule has 1 aromatic carbocycles. The standard InChI is InChI=1S/C16H24ClNS/c1-3-18-16(11-19-14-6-4-5-7-14)13-9-8-12(2)15(17)10-13/h8-10,14,16,18H,3-7,11H2,1-2H3. The van der Waals surface area contributed by atoms with Crippen molar-refractivity contribution in [1.29, 1.82) is 0 Å². The highest BCUT2D eigenvalue weighted by atomic mass is 35.5. The molecule has 1 atom stereocenters. The highest BCUT2D eigenvalue weighted by Crippen LogP contribution is 2.32. The van der Waals surface area contributed by atoms with Crippen LogP contribution in [0.2, 0.25) is 5.02 Å². The topological polar surface area (TPSA) is 12.0 Å². The van der Waals surface area contributed by atoms with Gasteiger partial charge in [-0.1, -0.05) is 43.5 Å². The number of nitrogens with one attached hydrogen (secondary N) is 1. The lowest BCUT2D eigenvalue weighted by Crippen LogP contribution is -2.23. The van der Waals surface area contributed by atoms with Crippen molar-refractivity contribution in [2.24, 2.45) is 0 Å². The summed E-state index contributed by atoms with van der Waals surface area (Å²) in [6.45, 7) is 5.23. The Labute approximate surface area is 126 Å². The van der Waals surface area contributed by atoms with Crippen LogP contribution in [0.5, 0.6) is 0 Å². The second-order valence-corrected chi connectivity index (χ2v) is 7.10. The fourth-order valence-electron chi connectivity index (χ4n) is 2.63. The van der Waals surface area contributed by atoms with Crippen molar-refractivity contribution < 1.29 is 0 Å². The summed E-state index contributed by atoms with van der Waals surface area (Å²) >= 11 is 8.38. The number of aryl methyl sites for hydroxylation is 1. The average molecular weight is 298 g/mol. The largest absolute Gasteiger partial charge is 0.310 e. The molecule has 2 rings (SSSR count). The van der Waals surface area contributed by atoms with Crippen LogP contribution in [0.15, 0.2) is 18.2 Å². The van der Waals surface area contributed by atoms with Crippen LogP contribution in [0.4, 0.5) is 0 Å². The van der Waals surface area contributed by atoms with Gasteiger partial charge in [-0.05, 0) is 43.5 Å². The third-order valence-corrected chi connectivity index (χ3v) is 5.73. The molecule has 3 heteroatoms. The van der Waals surface area contributed by atoms with Crippen molar-refractivity contribution >= 4 is 23.4 Å². The SMILES string of the molecule is CCNC(CSC1CCCC1)c1ccc(C)c(Cl)c1. The van der Waals surface area contributed by atoms with Crippen LogP contribution < -0.4 is 5.32 Å². The number of thioether (sulfide) groups is 1. The second-order valence-electron chi connectivity index (χ2n) is 5.36. The van der Waals surface area contributed by atoms with Gasteiger partial charge < -0.3 is 5.32 Å². The molecule has 0 radical (unpaired) electrons. The van der Waals surface area contributed by atoms with Gasteiger partial charge in [0, 0.05) is 22.1 Å². The molecule has 1 fully saturated rings. The lowest BCUT2D eigenvalue weighted by atomic mass is 10.1. The normalized spacial score (nSPS) is 17.8. The molecule has 0 aliphatic heterocycles. The first-order chi connectivity index (χ1) is 9.20. The summed E-state index contributed by atoms with van der Waals surface area (Å²) in [5.41, 5.74) is 2.48. The van der Waals surface area contributed by atoms with Crippen LogP contribution in [0.25, 0.3) is 0 Å². The molecule has 1 unspecified atom stereocenters. The molecule has 1 aliphatic carbocycles. The summed E-state index contributed by atoms with van der Waals surface area (Å²) in [6, 6.07) is 6.89.